The number of aromatic nitrogens is 2. The third-order valence-electron chi connectivity index (χ3n) is 3.94. The highest BCUT2D eigenvalue weighted by Gasteiger charge is 2.17. The van der Waals surface area contributed by atoms with E-state index in [-0.39, 0.29) is 11.9 Å². The van der Waals surface area contributed by atoms with Crippen LogP contribution in [0.2, 0.25) is 0 Å². The van der Waals surface area contributed by atoms with Crippen LogP contribution in [0.5, 0.6) is 0 Å². The summed E-state index contributed by atoms with van der Waals surface area (Å²) < 4.78 is 1.88. The van der Waals surface area contributed by atoms with Gasteiger partial charge in [0.1, 0.15) is 6.04 Å². The molecule has 0 spiro atoms. The largest absolute Gasteiger partial charge is 0.350 e. The van der Waals surface area contributed by atoms with Crippen LogP contribution in [0.15, 0.2) is 54.2 Å². The van der Waals surface area contributed by atoms with Gasteiger partial charge in [-0.3, -0.25) is 9.48 Å². The van der Waals surface area contributed by atoms with Gasteiger partial charge in [-0.1, -0.05) is 12.1 Å². The van der Waals surface area contributed by atoms with Crippen molar-refractivity contribution in [1.82, 2.24) is 15.1 Å². The van der Waals surface area contributed by atoms with Crippen LogP contribution in [0.1, 0.15) is 32.4 Å². The number of thiophene rings is 1. The average molecular weight is 325 g/mol. The summed E-state index contributed by atoms with van der Waals surface area (Å²) >= 11 is 1.67. The number of nitrogens with zero attached hydrogens (tertiary/aromatic N) is 2. The van der Waals surface area contributed by atoms with Gasteiger partial charge in [0.2, 0.25) is 0 Å². The lowest BCUT2D eigenvalue weighted by atomic mass is 10.1. The molecular formula is C18H19N3OS. The van der Waals surface area contributed by atoms with Gasteiger partial charge in [-0.05, 0) is 54.6 Å². The lowest BCUT2D eigenvalue weighted by Gasteiger charge is -2.17. The molecule has 0 fully saturated rings. The lowest BCUT2D eigenvalue weighted by molar-refractivity contribution is 0.0949. The maximum Gasteiger partial charge on any atom is 0.251 e. The molecule has 3 rings (SSSR count). The first-order valence-electron chi connectivity index (χ1n) is 7.53. The molecule has 2 aromatic heterocycles. The van der Waals surface area contributed by atoms with Crippen LogP contribution >= 0.6 is 11.3 Å². The van der Waals surface area contributed by atoms with Crippen molar-refractivity contribution in [2.45, 2.75) is 19.9 Å². The van der Waals surface area contributed by atoms with Gasteiger partial charge in [-0.25, -0.2) is 0 Å². The zero-order chi connectivity index (χ0) is 16.2. The minimum absolute atomic E-state index is 0.0143. The van der Waals surface area contributed by atoms with E-state index >= 15 is 0 Å². The van der Waals surface area contributed by atoms with Crippen molar-refractivity contribution in [3.8, 4) is 0 Å². The molecule has 0 bridgehead atoms. The number of carbonyl (C=O) groups is 1. The first-order valence-corrected chi connectivity index (χ1v) is 8.41. The Labute approximate surface area is 139 Å². The molecule has 1 amide bonds. The fourth-order valence-corrected chi connectivity index (χ4v) is 3.26. The van der Waals surface area contributed by atoms with E-state index in [1.165, 1.54) is 10.4 Å². The summed E-state index contributed by atoms with van der Waals surface area (Å²) in [7, 11) is 0. The van der Waals surface area contributed by atoms with Crippen LogP contribution in [0, 0.1) is 13.8 Å². The van der Waals surface area contributed by atoms with Crippen LogP contribution in [0.3, 0.4) is 0 Å². The van der Waals surface area contributed by atoms with Gasteiger partial charge in [-0.2, -0.15) is 5.10 Å². The third kappa shape index (κ3) is 3.51. The number of benzene rings is 1. The summed E-state index contributed by atoms with van der Waals surface area (Å²) in [4.78, 5) is 13.6. The molecule has 2 heterocycles. The smallest absolute Gasteiger partial charge is 0.251 e. The summed E-state index contributed by atoms with van der Waals surface area (Å²) in [6.07, 6.45) is 3.68. The monoisotopic (exact) mass is 325 g/mol. The first-order chi connectivity index (χ1) is 11.1. The molecule has 0 aliphatic rings. The summed E-state index contributed by atoms with van der Waals surface area (Å²) in [6, 6.07) is 11.8. The maximum atomic E-state index is 12.4. The van der Waals surface area contributed by atoms with Gasteiger partial charge in [0.15, 0.2) is 0 Å². The SMILES string of the molecule is Cc1ccc(C(=O)NCC(c2cccs2)n2cccn2)cc1C. The Balaban J connectivity index is 1.74. The Morgan fingerprint density at radius 3 is 2.78 bits per heavy atom. The Hall–Kier alpha value is -2.40. The van der Waals surface area contributed by atoms with Gasteiger partial charge in [0.25, 0.3) is 5.91 Å². The molecule has 0 radical (unpaired) electrons. The first kappa shape index (κ1) is 15.5. The van der Waals surface area contributed by atoms with Crippen molar-refractivity contribution < 1.29 is 4.79 Å². The number of carbonyl (C=O) groups excluding carboxylic acids is 1. The summed E-state index contributed by atoms with van der Waals surface area (Å²) in [5.41, 5.74) is 3.01. The van der Waals surface area contributed by atoms with Crippen molar-refractivity contribution in [1.29, 1.82) is 0 Å². The highest BCUT2D eigenvalue weighted by Crippen LogP contribution is 2.22. The maximum absolute atomic E-state index is 12.4. The van der Waals surface area contributed by atoms with E-state index in [4.69, 9.17) is 0 Å². The molecule has 1 aromatic carbocycles. The zero-order valence-electron chi connectivity index (χ0n) is 13.2. The van der Waals surface area contributed by atoms with Gasteiger partial charge in [0, 0.05) is 29.4 Å². The molecule has 0 saturated heterocycles. The van der Waals surface area contributed by atoms with E-state index in [1.54, 1.807) is 17.5 Å². The van der Waals surface area contributed by atoms with Crippen molar-refractivity contribution in [2.75, 3.05) is 6.54 Å². The highest BCUT2D eigenvalue weighted by atomic mass is 32.1. The molecule has 0 aliphatic carbocycles. The van der Waals surface area contributed by atoms with Crippen LogP contribution in [0.25, 0.3) is 0 Å². The van der Waals surface area contributed by atoms with Gasteiger partial charge in [-0.15, -0.1) is 11.3 Å². The van der Waals surface area contributed by atoms with Gasteiger partial charge < -0.3 is 5.32 Å². The van der Waals surface area contributed by atoms with Crippen LogP contribution < -0.4 is 5.32 Å². The van der Waals surface area contributed by atoms with Gasteiger partial charge >= 0.3 is 0 Å². The predicted molar refractivity (Wildman–Crippen MR) is 92.9 cm³/mol. The molecule has 5 heteroatoms. The molecule has 0 saturated carbocycles. The van der Waals surface area contributed by atoms with Gasteiger partial charge in [0.05, 0.1) is 0 Å². The standard InChI is InChI=1S/C18H19N3OS/c1-13-6-7-15(11-14(13)2)18(22)19-12-16(17-5-3-10-23-17)21-9-4-8-20-21/h3-11,16H,12H2,1-2H3,(H,19,22). The molecule has 118 valence electrons. The molecule has 1 unspecified atom stereocenters. The number of rotatable bonds is 5. The summed E-state index contributed by atoms with van der Waals surface area (Å²) in [5, 5.41) is 9.39. The molecule has 1 atom stereocenters. The molecular weight excluding hydrogens is 306 g/mol. The van der Waals surface area contributed by atoms with E-state index in [9.17, 15) is 4.79 Å². The summed E-state index contributed by atoms with van der Waals surface area (Å²) in [5.74, 6) is -0.0539. The Kier molecular flexibility index (Phi) is 4.57. The van der Waals surface area contributed by atoms with Crippen LogP contribution in [0.4, 0.5) is 0 Å². The minimum Gasteiger partial charge on any atom is -0.350 e. The van der Waals surface area contributed by atoms with Crippen molar-refractivity contribution >= 4 is 17.2 Å². The Bertz CT molecular complexity index is 744. The lowest BCUT2D eigenvalue weighted by Crippen LogP contribution is -2.31. The van der Waals surface area contributed by atoms with E-state index in [0.29, 0.717) is 12.1 Å². The van der Waals surface area contributed by atoms with Crippen LogP contribution in [-0.2, 0) is 0 Å². The van der Waals surface area contributed by atoms with Crippen molar-refractivity contribution in [3.05, 3.63) is 75.7 Å². The number of hydrogen-bond donors (Lipinski definition) is 1. The second kappa shape index (κ2) is 6.79. The second-order valence-corrected chi connectivity index (χ2v) is 6.51. The molecule has 1 N–H and O–H groups in total. The zero-order valence-corrected chi connectivity index (χ0v) is 14.0. The molecule has 3 aromatic rings. The van der Waals surface area contributed by atoms with E-state index in [2.05, 4.69) is 16.5 Å². The molecule has 4 nitrogen and oxygen atoms in total. The number of nitrogens with one attached hydrogen (secondary N) is 1. The Morgan fingerprint density at radius 2 is 2.13 bits per heavy atom. The molecule has 23 heavy (non-hydrogen) atoms. The predicted octanol–water partition coefficient (Wildman–Crippen LogP) is 3.58. The number of aryl methyl sites for hydroxylation is 2. The van der Waals surface area contributed by atoms with Crippen molar-refractivity contribution in [3.63, 3.8) is 0 Å². The second-order valence-electron chi connectivity index (χ2n) is 5.53. The normalized spacial score (nSPS) is 12.1. The third-order valence-corrected chi connectivity index (χ3v) is 4.91. The van der Waals surface area contributed by atoms with E-state index < -0.39 is 0 Å². The topological polar surface area (TPSA) is 46.9 Å². The van der Waals surface area contributed by atoms with E-state index in [0.717, 1.165) is 5.56 Å². The minimum atomic E-state index is -0.0539. The fourth-order valence-electron chi connectivity index (χ4n) is 2.44. The fraction of sp³-hybridized carbons (Fsp3) is 0.222. The Morgan fingerprint density at radius 1 is 1.26 bits per heavy atom. The number of amides is 1. The van der Waals surface area contributed by atoms with Crippen molar-refractivity contribution in [2.24, 2.45) is 0 Å². The average Bonchev–Trinajstić information content (AvgIpc) is 3.24. The van der Waals surface area contributed by atoms with Crippen LogP contribution in [-0.4, -0.2) is 22.2 Å². The number of hydrogen-bond acceptors (Lipinski definition) is 3. The van der Waals surface area contributed by atoms with E-state index in [1.807, 2.05) is 60.4 Å². The summed E-state index contributed by atoms with van der Waals surface area (Å²) in [6.45, 7) is 4.57. The highest BCUT2D eigenvalue weighted by molar-refractivity contribution is 7.10. The molecule has 0 aliphatic heterocycles. The quantitative estimate of drug-likeness (QED) is 0.779.